The first-order valence-electron chi connectivity index (χ1n) is 7.53. The Kier molecular flexibility index (Phi) is 4.29. The Morgan fingerprint density at radius 3 is 2.67 bits per heavy atom. The Hall–Kier alpha value is -3.15. The molecular weight excluding hydrogens is 308 g/mol. The van der Waals surface area contributed by atoms with Gasteiger partial charge in [0.25, 0.3) is 0 Å². The number of esters is 1. The second-order valence-corrected chi connectivity index (χ2v) is 5.20. The summed E-state index contributed by atoms with van der Waals surface area (Å²) in [6.45, 7) is 3.64. The molecule has 0 aliphatic carbocycles. The highest BCUT2D eigenvalue weighted by Crippen LogP contribution is 2.28. The third kappa shape index (κ3) is 2.86. The molecule has 0 aliphatic heterocycles. The van der Waals surface area contributed by atoms with Gasteiger partial charge >= 0.3 is 5.97 Å². The summed E-state index contributed by atoms with van der Waals surface area (Å²) in [6.07, 6.45) is 1.37. The van der Waals surface area contributed by atoms with Crippen LogP contribution in [0.25, 0.3) is 22.6 Å². The molecule has 3 aromatic rings. The zero-order chi connectivity index (χ0) is 17.1. The number of rotatable bonds is 4. The molecule has 1 aromatic carbocycles. The molecule has 0 fully saturated rings. The highest BCUT2D eigenvalue weighted by Gasteiger charge is 2.22. The Morgan fingerprint density at radius 1 is 1.29 bits per heavy atom. The van der Waals surface area contributed by atoms with Crippen molar-refractivity contribution in [3.63, 3.8) is 0 Å². The van der Waals surface area contributed by atoms with Gasteiger partial charge in [-0.2, -0.15) is 0 Å². The van der Waals surface area contributed by atoms with Crippen LogP contribution in [0.5, 0.6) is 0 Å². The maximum absolute atomic E-state index is 12.9. The van der Waals surface area contributed by atoms with Crippen LogP contribution in [0.3, 0.4) is 0 Å². The predicted molar refractivity (Wildman–Crippen MR) is 88.7 cm³/mol. The van der Waals surface area contributed by atoms with Crippen molar-refractivity contribution >= 4 is 5.97 Å². The molecule has 0 aliphatic rings. The average molecular weight is 324 g/mol. The highest BCUT2D eigenvalue weighted by atomic mass is 16.5. The normalized spacial score (nSPS) is 10.6. The SMILES string of the molecule is CCOC(=O)c1c[nH]c(-c2ccccc2)c(-c2cc(C)no2)c1=O. The summed E-state index contributed by atoms with van der Waals surface area (Å²) >= 11 is 0. The number of H-pyrrole nitrogens is 1. The van der Waals surface area contributed by atoms with Gasteiger partial charge in [-0.05, 0) is 19.4 Å². The third-order valence-corrected chi connectivity index (χ3v) is 3.51. The number of aromatic nitrogens is 2. The van der Waals surface area contributed by atoms with Crippen molar-refractivity contribution in [2.75, 3.05) is 6.61 Å². The van der Waals surface area contributed by atoms with Crippen LogP contribution in [0.15, 0.2) is 51.9 Å². The lowest BCUT2D eigenvalue weighted by Crippen LogP contribution is -2.20. The van der Waals surface area contributed by atoms with Gasteiger partial charge in [-0.1, -0.05) is 35.5 Å². The van der Waals surface area contributed by atoms with Gasteiger partial charge in [0.05, 0.1) is 23.6 Å². The lowest BCUT2D eigenvalue weighted by molar-refractivity contribution is 0.0524. The Morgan fingerprint density at radius 2 is 2.04 bits per heavy atom. The molecule has 24 heavy (non-hydrogen) atoms. The molecule has 122 valence electrons. The molecule has 6 nitrogen and oxygen atoms in total. The van der Waals surface area contributed by atoms with Gasteiger partial charge in [-0.3, -0.25) is 4.79 Å². The smallest absolute Gasteiger partial charge is 0.343 e. The third-order valence-electron chi connectivity index (χ3n) is 3.51. The second kappa shape index (κ2) is 6.54. The molecule has 0 bridgehead atoms. The molecular formula is C18H16N2O4. The van der Waals surface area contributed by atoms with E-state index in [1.54, 1.807) is 19.9 Å². The number of pyridine rings is 1. The van der Waals surface area contributed by atoms with Crippen molar-refractivity contribution in [2.24, 2.45) is 0 Å². The fraction of sp³-hybridized carbons (Fsp3) is 0.167. The number of ether oxygens (including phenoxy) is 1. The molecule has 1 N–H and O–H groups in total. The summed E-state index contributed by atoms with van der Waals surface area (Å²) in [4.78, 5) is 27.9. The Balaban J connectivity index is 2.26. The molecule has 0 atom stereocenters. The molecule has 0 spiro atoms. The number of carbonyl (C=O) groups excluding carboxylic acids is 1. The zero-order valence-electron chi connectivity index (χ0n) is 13.3. The van der Waals surface area contributed by atoms with Crippen LogP contribution < -0.4 is 5.43 Å². The van der Waals surface area contributed by atoms with Crippen molar-refractivity contribution in [1.82, 2.24) is 10.1 Å². The van der Waals surface area contributed by atoms with E-state index in [2.05, 4.69) is 10.1 Å². The zero-order valence-corrected chi connectivity index (χ0v) is 13.3. The van der Waals surface area contributed by atoms with Crippen molar-refractivity contribution in [3.8, 4) is 22.6 Å². The first-order chi connectivity index (χ1) is 11.6. The molecule has 0 saturated carbocycles. The van der Waals surface area contributed by atoms with Crippen LogP contribution in [0.2, 0.25) is 0 Å². The van der Waals surface area contributed by atoms with E-state index in [9.17, 15) is 9.59 Å². The molecule has 0 amide bonds. The van der Waals surface area contributed by atoms with Gasteiger partial charge in [0.2, 0.25) is 5.43 Å². The molecule has 3 rings (SSSR count). The van der Waals surface area contributed by atoms with Crippen LogP contribution in [-0.2, 0) is 4.74 Å². The summed E-state index contributed by atoms with van der Waals surface area (Å²) in [6, 6.07) is 11.0. The minimum atomic E-state index is -0.671. The topological polar surface area (TPSA) is 85.2 Å². The van der Waals surface area contributed by atoms with Crippen LogP contribution >= 0.6 is 0 Å². The number of nitrogens with one attached hydrogen (secondary N) is 1. The highest BCUT2D eigenvalue weighted by molar-refractivity contribution is 5.92. The fourth-order valence-electron chi connectivity index (χ4n) is 2.44. The Bertz CT molecular complexity index is 926. The summed E-state index contributed by atoms with van der Waals surface area (Å²) < 4.78 is 10.2. The standard InChI is InChI=1S/C18H16N2O4/c1-3-23-18(22)13-10-19-16(12-7-5-4-6-8-12)15(17(13)21)14-9-11(2)20-24-14/h4-10H,3H2,1-2H3,(H,19,21). The van der Waals surface area contributed by atoms with E-state index in [1.165, 1.54) is 6.20 Å². The van der Waals surface area contributed by atoms with Crippen LogP contribution in [0.4, 0.5) is 0 Å². The monoisotopic (exact) mass is 324 g/mol. The average Bonchev–Trinajstić information content (AvgIpc) is 3.01. The van der Waals surface area contributed by atoms with Gasteiger partial charge in [0.15, 0.2) is 5.76 Å². The lowest BCUT2D eigenvalue weighted by Gasteiger charge is -2.09. The lowest BCUT2D eigenvalue weighted by atomic mass is 10.0. The van der Waals surface area contributed by atoms with Gasteiger partial charge in [0, 0.05) is 12.3 Å². The maximum Gasteiger partial charge on any atom is 0.343 e. The molecule has 2 heterocycles. The molecule has 2 aromatic heterocycles. The number of carbonyl (C=O) groups is 1. The maximum atomic E-state index is 12.9. The first kappa shape index (κ1) is 15.7. The first-order valence-corrected chi connectivity index (χ1v) is 7.53. The van der Waals surface area contributed by atoms with Crippen LogP contribution in [0.1, 0.15) is 23.0 Å². The summed E-state index contributed by atoms with van der Waals surface area (Å²) in [7, 11) is 0. The summed E-state index contributed by atoms with van der Waals surface area (Å²) in [5, 5.41) is 3.84. The summed E-state index contributed by atoms with van der Waals surface area (Å²) in [5.74, 6) is -0.366. The van der Waals surface area contributed by atoms with E-state index < -0.39 is 11.4 Å². The predicted octanol–water partition coefficient (Wildman–Crippen LogP) is 3.18. The van der Waals surface area contributed by atoms with E-state index in [1.807, 2.05) is 30.3 Å². The quantitative estimate of drug-likeness (QED) is 0.745. The number of hydrogen-bond donors (Lipinski definition) is 1. The van der Waals surface area contributed by atoms with Gasteiger partial charge < -0.3 is 14.2 Å². The molecule has 0 unspecified atom stereocenters. The van der Waals surface area contributed by atoms with Crippen molar-refractivity contribution < 1.29 is 14.1 Å². The van der Waals surface area contributed by atoms with Crippen molar-refractivity contribution in [2.45, 2.75) is 13.8 Å². The number of benzene rings is 1. The van der Waals surface area contributed by atoms with Gasteiger partial charge in [-0.25, -0.2) is 4.79 Å². The van der Waals surface area contributed by atoms with E-state index in [4.69, 9.17) is 9.26 Å². The van der Waals surface area contributed by atoms with Crippen molar-refractivity contribution in [3.05, 3.63) is 64.1 Å². The summed E-state index contributed by atoms with van der Waals surface area (Å²) in [5.41, 5.74) is 1.74. The van der Waals surface area contributed by atoms with Crippen molar-refractivity contribution in [1.29, 1.82) is 0 Å². The number of aromatic amines is 1. The minimum absolute atomic E-state index is 0.0689. The van der Waals surface area contributed by atoms with Crippen LogP contribution in [-0.4, -0.2) is 22.7 Å². The largest absolute Gasteiger partial charge is 0.462 e. The molecule has 0 radical (unpaired) electrons. The fourth-order valence-corrected chi connectivity index (χ4v) is 2.44. The molecule has 6 heteroatoms. The van der Waals surface area contributed by atoms with E-state index >= 15 is 0 Å². The number of hydrogen-bond acceptors (Lipinski definition) is 5. The second-order valence-electron chi connectivity index (χ2n) is 5.20. The number of aryl methyl sites for hydroxylation is 1. The van der Waals surface area contributed by atoms with E-state index in [0.717, 1.165) is 5.56 Å². The van der Waals surface area contributed by atoms with Gasteiger partial charge in [0.1, 0.15) is 5.56 Å². The molecule has 0 saturated heterocycles. The van der Waals surface area contributed by atoms with E-state index in [-0.39, 0.29) is 17.7 Å². The van der Waals surface area contributed by atoms with E-state index in [0.29, 0.717) is 17.1 Å². The van der Waals surface area contributed by atoms with Crippen LogP contribution in [0, 0.1) is 6.92 Å². The minimum Gasteiger partial charge on any atom is -0.462 e. The number of nitrogens with zero attached hydrogens (tertiary/aromatic N) is 1. The van der Waals surface area contributed by atoms with Gasteiger partial charge in [-0.15, -0.1) is 0 Å². The Labute approximate surface area is 138 Å².